The van der Waals surface area contributed by atoms with Gasteiger partial charge in [-0.15, -0.1) is 0 Å². The Morgan fingerprint density at radius 1 is 1.65 bits per heavy atom. The van der Waals surface area contributed by atoms with Crippen LogP contribution in [0.25, 0.3) is 0 Å². The largest absolute Gasteiger partial charge is 0.462 e. The number of aromatic nitrogens is 1. The molecular formula is C13H15BrN2O4. The molecule has 0 radical (unpaired) electrons. The van der Waals surface area contributed by atoms with Crippen LogP contribution in [-0.2, 0) is 14.3 Å². The van der Waals surface area contributed by atoms with E-state index in [-0.39, 0.29) is 12.6 Å². The van der Waals surface area contributed by atoms with Crippen LogP contribution in [0.3, 0.4) is 0 Å². The lowest BCUT2D eigenvalue weighted by Gasteiger charge is -2.13. The average Bonchev–Trinajstić information content (AvgIpc) is 2.79. The van der Waals surface area contributed by atoms with E-state index in [0.717, 1.165) is 6.42 Å². The molecule has 108 valence electrons. The zero-order chi connectivity index (χ0) is 14.5. The molecular weight excluding hydrogens is 328 g/mol. The molecule has 0 spiro atoms. The summed E-state index contributed by atoms with van der Waals surface area (Å²) in [6.45, 7) is 2.29. The lowest BCUT2D eigenvalue weighted by Crippen LogP contribution is -2.27. The molecule has 1 atom stereocenters. The SMILES string of the molecule is CCCC(=O)OC[C@H]1CN(c2ncccc2Br)C(=O)O1. The number of rotatable bonds is 5. The number of halogens is 1. The molecule has 0 unspecified atom stereocenters. The van der Waals surface area contributed by atoms with E-state index >= 15 is 0 Å². The summed E-state index contributed by atoms with van der Waals surface area (Å²) in [5, 5.41) is 0. The number of esters is 1. The zero-order valence-corrected chi connectivity index (χ0v) is 12.6. The van der Waals surface area contributed by atoms with Crippen LogP contribution >= 0.6 is 15.9 Å². The fourth-order valence-corrected chi connectivity index (χ4v) is 2.29. The summed E-state index contributed by atoms with van der Waals surface area (Å²) in [5.74, 6) is 0.223. The molecule has 0 aliphatic carbocycles. The van der Waals surface area contributed by atoms with Crippen molar-refractivity contribution in [3.8, 4) is 0 Å². The number of carbonyl (C=O) groups excluding carboxylic acids is 2. The summed E-state index contributed by atoms with van der Waals surface area (Å²) in [7, 11) is 0. The Hall–Kier alpha value is -1.63. The van der Waals surface area contributed by atoms with Gasteiger partial charge in [-0.05, 0) is 34.5 Å². The third kappa shape index (κ3) is 3.47. The van der Waals surface area contributed by atoms with Crippen molar-refractivity contribution < 1.29 is 19.1 Å². The second kappa shape index (κ2) is 6.69. The van der Waals surface area contributed by atoms with Crippen LogP contribution in [0.2, 0.25) is 0 Å². The molecule has 1 aliphatic heterocycles. The van der Waals surface area contributed by atoms with Crippen LogP contribution in [0, 0.1) is 0 Å². The van der Waals surface area contributed by atoms with Gasteiger partial charge in [-0.25, -0.2) is 9.78 Å². The highest BCUT2D eigenvalue weighted by molar-refractivity contribution is 9.10. The second-order valence-corrected chi connectivity index (χ2v) is 5.21. The molecule has 0 aromatic carbocycles. The first-order valence-electron chi connectivity index (χ1n) is 6.36. The standard InChI is InChI=1S/C13H15BrN2O4/c1-2-4-11(17)19-8-9-7-16(13(18)20-9)12-10(14)5-3-6-15-12/h3,5-6,9H,2,4,7-8H2,1H3/t9-/m1/s1. The Balaban J connectivity index is 1.94. The average molecular weight is 343 g/mol. The van der Waals surface area contributed by atoms with Crippen molar-refractivity contribution in [3.63, 3.8) is 0 Å². The van der Waals surface area contributed by atoms with E-state index in [4.69, 9.17) is 9.47 Å². The maximum atomic E-state index is 11.8. The topological polar surface area (TPSA) is 68.7 Å². The van der Waals surface area contributed by atoms with Crippen LogP contribution in [0.1, 0.15) is 19.8 Å². The molecule has 2 rings (SSSR count). The number of cyclic esters (lactones) is 1. The number of hydrogen-bond acceptors (Lipinski definition) is 5. The summed E-state index contributed by atoms with van der Waals surface area (Å²) in [4.78, 5) is 28.7. The molecule has 1 saturated heterocycles. The molecule has 2 heterocycles. The molecule has 0 N–H and O–H groups in total. The van der Waals surface area contributed by atoms with Crippen LogP contribution in [0.15, 0.2) is 22.8 Å². The summed E-state index contributed by atoms with van der Waals surface area (Å²) in [6.07, 6.45) is 1.76. The molecule has 1 fully saturated rings. The van der Waals surface area contributed by atoms with Gasteiger partial charge in [0, 0.05) is 12.6 Å². The predicted octanol–water partition coefficient (Wildman–Crippen LogP) is 2.51. The van der Waals surface area contributed by atoms with E-state index in [0.29, 0.717) is 23.3 Å². The van der Waals surface area contributed by atoms with Crippen molar-refractivity contribution in [3.05, 3.63) is 22.8 Å². The minimum absolute atomic E-state index is 0.0749. The van der Waals surface area contributed by atoms with Crippen LogP contribution in [0.4, 0.5) is 10.6 Å². The molecule has 1 aromatic heterocycles. The van der Waals surface area contributed by atoms with Gasteiger partial charge in [0.15, 0.2) is 11.9 Å². The van der Waals surface area contributed by atoms with Crippen molar-refractivity contribution in [1.82, 2.24) is 4.98 Å². The molecule has 20 heavy (non-hydrogen) atoms. The van der Waals surface area contributed by atoms with Crippen molar-refractivity contribution in [2.45, 2.75) is 25.9 Å². The number of anilines is 1. The van der Waals surface area contributed by atoms with Gasteiger partial charge in [-0.2, -0.15) is 0 Å². The van der Waals surface area contributed by atoms with E-state index in [1.807, 2.05) is 6.92 Å². The van der Waals surface area contributed by atoms with Crippen molar-refractivity contribution in [1.29, 1.82) is 0 Å². The number of nitrogens with zero attached hydrogens (tertiary/aromatic N) is 2. The molecule has 0 bridgehead atoms. The Morgan fingerprint density at radius 2 is 2.45 bits per heavy atom. The third-order valence-corrected chi connectivity index (χ3v) is 3.37. The smallest absolute Gasteiger partial charge is 0.416 e. The highest BCUT2D eigenvalue weighted by Gasteiger charge is 2.34. The lowest BCUT2D eigenvalue weighted by molar-refractivity contribution is -0.146. The van der Waals surface area contributed by atoms with Crippen molar-refractivity contribution in [2.24, 2.45) is 0 Å². The first-order chi connectivity index (χ1) is 9.61. The third-order valence-electron chi connectivity index (χ3n) is 2.75. The quantitative estimate of drug-likeness (QED) is 0.769. The van der Waals surface area contributed by atoms with Gasteiger partial charge in [-0.1, -0.05) is 6.92 Å². The minimum atomic E-state index is -0.485. The highest BCUT2D eigenvalue weighted by Crippen LogP contribution is 2.27. The summed E-state index contributed by atoms with van der Waals surface area (Å²) in [6, 6.07) is 3.56. The van der Waals surface area contributed by atoms with Gasteiger partial charge in [0.1, 0.15) is 6.61 Å². The fourth-order valence-electron chi connectivity index (χ4n) is 1.82. The van der Waals surface area contributed by atoms with Crippen LogP contribution in [-0.4, -0.2) is 36.3 Å². The molecule has 6 nitrogen and oxygen atoms in total. The van der Waals surface area contributed by atoms with E-state index in [2.05, 4.69) is 20.9 Å². The Morgan fingerprint density at radius 3 is 3.15 bits per heavy atom. The Bertz CT molecular complexity index is 509. The predicted molar refractivity (Wildman–Crippen MR) is 75.4 cm³/mol. The number of pyridine rings is 1. The van der Waals surface area contributed by atoms with Gasteiger partial charge < -0.3 is 9.47 Å². The van der Waals surface area contributed by atoms with Crippen molar-refractivity contribution in [2.75, 3.05) is 18.1 Å². The van der Waals surface area contributed by atoms with Gasteiger partial charge in [0.25, 0.3) is 0 Å². The highest BCUT2D eigenvalue weighted by atomic mass is 79.9. The fraction of sp³-hybridized carbons (Fsp3) is 0.462. The van der Waals surface area contributed by atoms with Crippen molar-refractivity contribution >= 4 is 33.8 Å². The normalized spacial score (nSPS) is 18.0. The first-order valence-corrected chi connectivity index (χ1v) is 7.15. The lowest BCUT2D eigenvalue weighted by atomic mass is 10.3. The van der Waals surface area contributed by atoms with Gasteiger partial charge in [0.05, 0.1) is 11.0 Å². The maximum Gasteiger partial charge on any atom is 0.416 e. The number of ether oxygens (including phenoxy) is 2. The summed E-state index contributed by atoms with van der Waals surface area (Å²) in [5.41, 5.74) is 0. The Kier molecular flexibility index (Phi) is 4.94. The van der Waals surface area contributed by atoms with E-state index < -0.39 is 12.2 Å². The monoisotopic (exact) mass is 342 g/mol. The number of amides is 1. The van der Waals surface area contributed by atoms with Crippen LogP contribution in [0.5, 0.6) is 0 Å². The van der Waals surface area contributed by atoms with Crippen LogP contribution < -0.4 is 4.90 Å². The zero-order valence-electron chi connectivity index (χ0n) is 11.0. The molecule has 7 heteroatoms. The van der Waals surface area contributed by atoms with E-state index in [1.54, 1.807) is 18.3 Å². The second-order valence-electron chi connectivity index (χ2n) is 4.36. The number of hydrogen-bond donors (Lipinski definition) is 0. The molecule has 0 saturated carbocycles. The maximum absolute atomic E-state index is 11.8. The number of carbonyl (C=O) groups is 2. The molecule has 1 amide bonds. The van der Waals surface area contributed by atoms with E-state index in [1.165, 1.54) is 4.90 Å². The van der Waals surface area contributed by atoms with Gasteiger partial charge >= 0.3 is 12.1 Å². The summed E-state index contributed by atoms with van der Waals surface area (Å²) < 4.78 is 10.9. The molecule has 1 aromatic rings. The minimum Gasteiger partial charge on any atom is -0.462 e. The first kappa shape index (κ1) is 14.8. The Labute approximate surface area is 125 Å². The van der Waals surface area contributed by atoms with Gasteiger partial charge in [0.2, 0.25) is 0 Å². The van der Waals surface area contributed by atoms with E-state index in [9.17, 15) is 9.59 Å². The molecule has 1 aliphatic rings. The summed E-state index contributed by atoms with van der Waals surface area (Å²) >= 11 is 3.34. The van der Waals surface area contributed by atoms with Gasteiger partial charge in [-0.3, -0.25) is 9.69 Å².